The zero-order chi connectivity index (χ0) is 20.5. The Bertz CT molecular complexity index is 1060. The third kappa shape index (κ3) is 4.09. The lowest BCUT2D eigenvalue weighted by Gasteiger charge is -2.30. The Balaban J connectivity index is 1.64. The molecule has 9 heteroatoms. The Morgan fingerprint density at radius 3 is 2.72 bits per heavy atom. The van der Waals surface area contributed by atoms with Gasteiger partial charge in [0.05, 0.1) is 18.9 Å². The smallest absolute Gasteiger partial charge is 0.259 e. The van der Waals surface area contributed by atoms with E-state index in [0.717, 1.165) is 29.5 Å². The van der Waals surface area contributed by atoms with E-state index in [1.54, 1.807) is 19.4 Å². The van der Waals surface area contributed by atoms with Crippen molar-refractivity contribution in [2.45, 2.75) is 32.6 Å². The van der Waals surface area contributed by atoms with Crippen LogP contribution in [0, 0.1) is 12.8 Å². The minimum Gasteiger partial charge on any atom is -0.494 e. The number of nitrogens with one attached hydrogen (secondary N) is 1. The summed E-state index contributed by atoms with van der Waals surface area (Å²) in [5.41, 5.74) is 2.49. The molecule has 7 nitrogen and oxygen atoms in total. The second kappa shape index (κ2) is 8.04. The van der Waals surface area contributed by atoms with Gasteiger partial charge in [-0.05, 0) is 37.8 Å². The van der Waals surface area contributed by atoms with E-state index < -0.39 is 0 Å². The Kier molecular flexibility index (Phi) is 5.47. The summed E-state index contributed by atoms with van der Waals surface area (Å²) >= 11 is 7.51. The van der Waals surface area contributed by atoms with E-state index >= 15 is 0 Å². The van der Waals surface area contributed by atoms with Crippen molar-refractivity contribution in [1.29, 1.82) is 0 Å². The van der Waals surface area contributed by atoms with Gasteiger partial charge in [-0.1, -0.05) is 29.9 Å². The number of anilines is 1. The van der Waals surface area contributed by atoms with E-state index in [0.29, 0.717) is 38.6 Å². The van der Waals surface area contributed by atoms with Gasteiger partial charge in [-0.2, -0.15) is 0 Å². The molecule has 150 valence electrons. The van der Waals surface area contributed by atoms with Gasteiger partial charge in [0.25, 0.3) is 5.91 Å². The summed E-state index contributed by atoms with van der Waals surface area (Å²) < 4.78 is 5.41. The molecule has 1 saturated carbocycles. The number of halogens is 1. The van der Waals surface area contributed by atoms with E-state index in [1.165, 1.54) is 17.5 Å². The van der Waals surface area contributed by atoms with Crippen LogP contribution in [0.15, 0.2) is 24.5 Å². The number of carbonyl (C=O) groups excluding carboxylic acids is 1. The van der Waals surface area contributed by atoms with Crippen molar-refractivity contribution in [2.75, 3.05) is 12.4 Å². The molecule has 4 rings (SSSR count). The number of ether oxygens (including phenoxy) is 1. The highest BCUT2D eigenvalue weighted by atomic mass is 35.5. The fraction of sp³-hybridized carbons (Fsp3) is 0.350. The number of aryl methyl sites for hydroxylation is 1. The maximum absolute atomic E-state index is 13.0. The van der Waals surface area contributed by atoms with Crippen LogP contribution in [-0.2, 0) is 0 Å². The summed E-state index contributed by atoms with van der Waals surface area (Å²) in [5.74, 6) is 1.39. The van der Waals surface area contributed by atoms with E-state index in [4.69, 9.17) is 16.3 Å². The largest absolute Gasteiger partial charge is 0.494 e. The first-order valence-electron chi connectivity index (χ1n) is 9.26. The van der Waals surface area contributed by atoms with Gasteiger partial charge in [0.1, 0.15) is 15.9 Å². The predicted molar refractivity (Wildman–Crippen MR) is 113 cm³/mol. The van der Waals surface area contributed by atoms with Gasteiger partial charge in [-0.15, -0.1) is 10.2 Å². The van der Waals surface area contributed by atoms with Crippen LogP contribution in [-0.4, -0.2) is 33.2 Å². The van der Waals surface area contributed by atoms with Crippen molar-refractivity contribution in [1.82, 2.24) is 20.2 Å². The summed E-state index contributed by atoms with van der Waals surface area (Å²) in [6, 6.07) is 3.50. The quantitative estimate of drug-likeness (QED) is 0.589. The fourth-order valence-corrected chi connectivity index (χ4v) is 4.49. The van der Waals surface area contributed by atoms with E-state index in [-0.39, 0.29) is 5.91 Å². The van der Waals surface area contributed by atoms with E-state index in [9.17, 15) is 4.79 Å². The van der Waals surface area contributed by atoms with Crippen LogP contribution in [0.4, 0.5) is 5.13 Å². The Morgan fingerprint density at radius 1 is 1.21 bits per heavy atom. The van der Waals surface area contributed by atoms with Crippen LogP contribution in [0.25, 0.3) is 11.1 Å². The molecule has 1 N–H and O–H groups in total. The number of aromatic nitrogens is 4. The summed E-state index contributed by atoms with van der Waals surface area (Å²) in [6.45, 7) is 4.09. The molecule has 3 heterocycles. The number of carbonyl (C=O) groups is 1. The molecule has 1 fully saturated rings. The molecule has 0 aliphatic heterocycles. The molecule has 1 aliphatic carbocycles. The molecule has 0 radical (unpaired) electrons. The van der Waals surface area contributed by atoms with Gasteiger partial charge < -0.3 is 4.74 Å². The van der Waals surface area contributed by atoms with Gasteiger partial charge in [-0.25, -0.2) is 4.98 Å². The molecule has 0 saturated heterocycles. The lowest BCUT2D eigenvalue weighted by Crippen LogP contribution is -2.18. The van der Waals surface area contributed by atoms with Gasteiger partial charge in [-0.3, -0.25) is 15.1 Å². The fourth-order valence-electron chi connectivity index (χ4n) is 3.47. The van der Waals surface area contributed by atoms with Crippen molar-refractivity contribution < 1.29 is 9.53 Å². The summed E-state index contributed by atoms with van der Waals surface area (Å²) in [4.78, 5) is 21.4. The molecule has 3 aromatic rings. The summed E-state index contributed by atoms with van der Waals surface area (Å²) in [5, 5.41) is 13.0. The first-order chi connectivity index (χ1) is 13.9. The Morgan fingerprint density at radius 2 is 2.00 bits per heavy atom. The van der Waals surface area contributed by atoms with E-state index in [2.05, 4.69) is 32.4 Å². The number of rotatable bonds is 5. The van der Waals surface area contributed by atoms with Gasteiger partial charge >= 0.3 is 0 Å². The van der Waals surface area contributed by atoms with Crippen LogP contribution in [0.5, 0.6) is 5.75 Å². The predicted octanol–water partition coefficient (Wildman–Crippen LogP) is 4.73. The first kappa shape index (κ1) is 19.7. The highest BCUT2D eigenvalue weighted by molar-refractivity contribution is 7.15. The number of hydrogen-bond acceptors (Lipinski definition) is 7. The first-order valence-corrected chi connectivity index (χ1v) is 10.5. The standard InChI is InChI=1S/C20H20ClN5O2S/c1-10-4-12(5-10)19-25-26-20(29-19)24-18(27)15-8-22-11(2)6-13(15)14-7-17(21)23-9-16(14)28-3/h6-10,12H,4-5H2,1-3H3,(H,24,26,27). The molecule has 1 amide bonds. The van der Waals surface area contributed by atoms with Crippen LogP contribution in [0.3, 0.4) is 0 Å². The molecule has 0 aromatic carbocycles. The number of amides is 1. The minimum atomic E-state index is -0.313. The topological polar surface area (TPSA) is 89.9 Å². The lowest BCUT2D eigenvalue weighted by molar-refractivity contribution is 0.102. The van der Waals surface area contributed by atoms with Gasteiger partial charge in [0.15, 0.2) is 0 Å². The lowest BCUT2D eigenvalue weighted by atomic mass is 9.77. The minimum absolute atomic E-state index is 0.310. The number of pyridine rings is 2. The normalized spacial score (nSPS) is 18.2. The molecule has 0 bridgehead atoms. The summed E-state index contributed by atoms with van der Waals surface area (Å²) in [7, 11) is 1.55. The molecule has 1 aliphatic rings. The molecule has 0 spiro atoms. The summed E-state index contributed by atoms with van der Waals surface area (Å²) in [6.07, 6.45) is 5.32. The zero-order valence-corrected chi connectivity index (χ0v) is 17.8. The SMILES string of the molecule is COc1cnc(Cl)cc1-c1cc(C)ncc1C(=O)Nc1nnc(C2CC(C)C2)s1. The highest BCUT2D eigenvalue weighted by Crippen LogP contribution is 2.42. The average molecular weight is 430 g/mol. The maximum Gasteiger partial charge on any atom is 0.259 e. The molecule has 3 aromatic heterocycles. The highest BCUT2D eigenvalue weighted by Gasteiger charge is 2.30. The van der Waals surface area contributed by atoms with Crippen molar-refractivity contribution in [2.24, 2.45) is 5.92 Å². The Labute approximate surface area is 177 Å². The second-order valence-corrected chi connectivity index (χ2v) is 8.65. The molecular formula is C20H20ClN5O2S. The van der Waals surface area contributed by atoms with Crippen LogP contribution in [0.1, 0.15) is 46.7 Å². The average Bonchev–Trinajstić information content (AvgIpc) is 3.13. The third-order valence-electron chi connectivity index (χ3n) is 5.01. The molecule has 29 heavy (non-hydrogen) atoms. The third-order valence-corrected chi connectivity index (χ3v) is 6.22. The van der Waals surface area contributed by atoms with Crippen molar-refractivity contribution in [3.63, 3.8) is 0 Å². The van der Waals surface area contributed by atoms with Crippen molar-refractivity contribution >= 4 is 34.0 Å². The maximum atomic E-state index is 13.0. The van der Waals surface area contributed by atoms with Crippen molar-refractivity contribution in [3.8, 4) is 16.9 Å². The monoisotopic (exact) mass is 429 g/mol. The van der Waals surface area contributed by atoms with Crippen LogP contribution in [0.2, 0.25) is 5.15 Å². The van der Waals surface area contributed by atoms with Gasteiger partial charge in [0, 0.05) is 28.9 Å². The van der Waals surface area contributed by atoms with Gasteiger partial charge in [0.2, 0.25) is 5.13 Å². The Hall–Kier alpha value is -2.58. The molecular weight excluding hydrogens is 410 g/mol. The number of hydrogen-bond donors (Lipinski definition) is 1. The number of nitrogens with zero attached hydrogens (tertiary/aromatic N) is 4. The zero-order valence-electron chi connectivity index (χ0n) is 16.3. The number of methoxy groups -OCH3 is 1. The van der Waals surface area contributed by atoms with Crippen molar-refractivity contribution in [3.05, 3.63) is 45.9 Å². The second-order valence-electron chi connectivity index (χ2n) is 7.25. The van der Waals surface area contributed by atoms with E-state index in [1.807, 2.05) is 13.0 Å². The molecule has 0 unspecified atom stereocenters. The molecule has 0 atom stereocenters. The van der Waals surface area contributed by atoms with Crippen LogP contribution < -0.4 is 10.1 Å². The van der Waals surface area contributed by atoms with Crippen LogP contribution >= 0.6 is 22.9 Å².